The quantitative estimate of drug-likeness (QED) is 0.846. The van der Waals surface area contributed by atoms with Crippen molar-refractivity contribution in [2.45, 2.75) is 32.8 Å². The Balaban J connectivity index is 3.22. The lowest BCUT2D eigenvalue weighted by atomic mass is 10.1. The number of methoxy groups -OCH3 is 1. The van der Waals surface area contributed by atoms with Crippen molar-refractivity contribution in [1.82, 2.24) is 9.97 Å². The van der Waals surface area contributed by atoms with E-state index in [-0.39, 0.29) is 17.6 Å². The van der Waals surface area contributed by atoms with Crippen LogP contribution in [0.5, 0.6) is 0 Å². The molecule has 1 rings (SSSR count). The van der Waals surface area contributed by atoms with Crippen molar-refractivity contribution in [3.05, 3.63) is 23.3 Å². The second-order valence-electron chi connectivity index (χ2n) is 3.86. The lowest BCUT2D eigenvalue weighted by molar-refractivity contribution is 0.0692. The normalized spacial score (nSPS) is 12.8. The van der Waals surface area contributed by atoms with Gasteiger partial charge in [0, 0.05) is 13.3 Å². The van der Waals surface area contributed by atoms with Crippen LogP contribution in [0.4, 0.5) is 0 Å². The molecule has 88 valence electrons. The first-order valence-corrected chi connectivity index (χ1v) is 5.10. The Morgan fingerprint density at radius 2 is 2.06 bits per heavy atom. The third kappa shape index (κ3) is 2.55. The summed E-state index contributed by atoms with van der Waals surface area (Å²) in [7, 11) is 1.56. The number of aromatic nitrogens is 2. The highest BCUT2D eigenvalue weighted by molar-refractivity contribution is 5.88. The van der Waals surface area contributed by atoms with E-state index in [1.54, 1.807) is 7.11 Å². The molecule has 0 fully saturated rings. The molecule has 0 aliphatic carbocycles. The van der Waals surface area contributed by atoms with Crippen LogP contribution in [0.1, 0.15) is 54.7 Å². The number of ether oxygens (including phenoxy) is 1. The Bertz CT molecular complexity index is 391. The maximum Gasteiger partial charge on any atom is 0.339 e. The zero-order chi connectivity index (χ0) is 12.3. The summed E-state index contributed by atoms with van der Waals surface area (Å²) in [4.78, 5) is 19.2. The molecule has 1 aromatic heterocycles. The van der Waals surface area contributed by atoms with Crippen molar-refractivity contribution < 1.29 is 14.6 Å². The highest BCUT2D eigenvalue weighted by atomic mass is 16.5. The molecule has 1 heterocycles. The predicted octanol–water partition coefficient (Wildman–Crippen LogP) is 2.01. The largest absolute Gasteiger partial charge is 0.478 e. The number of nitrogens with zero attached hydrogens (tertiary/aromatic N) is 2. The number of aromatic carboxylic acids is 1. The molecular weight excluding hydrogens is 208 g/mol. The van der Waals surface area contributed by atoms with Gasteiger partial charge in [-0.25, -0.2) is 14.8 Å². The van der Waals surface area contributed by atoms with Crippen molar-refractivity contribution in [1.29, 1.82) is 0 Å². The highest BCUT2D eigenvalue weighted by Gasteiger charge is 2.18. The Morgan fingerprint density at radius 1 is 1.44 bits per heavy atom. The molecule has 1 unspecified atom stereocenters. The molecule has 0 aliphatic rings. The number of carboxylic acids is 1. The van der Waals surface area contributed by atoms with Crippen molar-refractivity contribution in [2.75, 3.05) is 7.11 Å². The number of hydrogen-bond donors (Lipinski definition) is 1. The van der Waals surface area contributed by atoms with Crippen LogP contribution < -0.4 is 0 Å². The highest BCUT2D eigenvalue weighted by Crippen LogP contribution is 2.19. The van der Waals surface area contributed by atoms with Gasteiger partial charge >= 0.3 is 5.97 Å². The SMILES string of the molecule is COC(C)c1ncc(C(=O)O)c(C(C)C)n1. The molecule has 0 amide bonds. The average molecular weight is 224 g/mol. The van der Waals surface area contributed by atoms with Gasteiger partial charge in [-0.3, -0.25) is 0 Å². The van der Waals surface area contributed by atoms with E-state index in [0.29, 0.717) is 11.5 Å². The monoisotopic (exact) mass is 224 g/mol. The van der Waals surface area contributed by atoms with Gasteiger partial charge in [0.1, 0.15) is 6.10 Å². The van der Waals surface area contributed by atoms with Gasteiger partial charge < -0.3 is 9.84 Å². The summed E-state index contributed by atoms with van der Waals surface area (Å²) in [6.45, 7) is 5.62. The molecule has 0 spiro atoms. The fourth-order valence-electron chi connectivity index (χ4n) is 1.32. The summed E-state index contributed by atoms with van der Waals surface area (Å²) in [5.74, 6) is -0.451. The van der Waals surface area contributed by atoms with Crippen LogP contribution in [0.15, 0.2) is 6.20 Å². The van der Waals surface area contributed by atoms with Gasteiger partial charge in [0.05, 0.1) is 11.3 Å². The smallest absolute Gasteiger partial charge is 0.339 e. The minimum atomic E-state index is -1.000. The molecule has 0 radical (unpaired) electrons. The predicted molar refractivity (Wildman–Crippen MR) is 58.5 cm³/mol. The topological polar surface area (TPSA) is 72.3 Å². The molecule has 5 heteroatoms. The molecule has 5 nitrogen and oxygen atoms in total. The number of hydrogen-bond acceptors (Lipinski definition) is 4. The zero-order valence-corrected chi connectivity index (χ0v) is 9.89. The van der Waals surface area contributed by atoms with Crippen molar-refractivity contribution in [2.24, 2.45) is 0 Å². The van der Waals surface area contributed by atoms with E-state index in [1.807, 2.05) is 20.8 Å². The van der Waals surface area contributed by atoms with Crippen LogP contribution in [0, 0.1) is 0 Å². The van der Waals surface area contributed by atoms with Crippen LogP contribution >= 0.6 is 0 Å². The van der Waals surface area contributed by atoms with Gasteiger partial charge in [-0.2, -0.15) is 0 Å². The molecular formula is C11H16N2O3. The van der Waals surface area contributed by atoms with Crippen molar-refractivity contribution in [3.8, 4) is 0 Å². The number of carboxylic acid groups (broad SMARTS) is 1. The van der Waals surface area contributed by atoms with Crippen LogP contribution in [0.3, 0.4) is 0 Å². The van der Waals surface area contributed by atoms with E-state index in [2.05, 4.69) is 9.97 Å². The van der Waals surface area contributed by atoms with E-state index in [0.717, 1.165) is 0 Å². The molecule has 0 aromatic carbocycles. The first-order valence-electron chi connectivity index (χ1n) is 5.10. The van der Waals surface area contributed by atoms with Gasteiger partial charge in [0.15, 0.2) is 5.82 Å². The van der Waals surface area contributed by atoms with Gasteiger partial charge in [0.2, 0.25) is 0 Å². The van der Waals surface area contributed by atoms with Crippen LogP contribution in [-0.4, -0.2) is 28.2 Å². The third-order valence-electron chi connectivity index (χ3n) is 2.33. The average Bonchev–Trinajstić information content (AvgIpc) is 2.26. The van der Waals surface area contributed by atoms with Crippen molar-refractivity contribution in [3.63, 3.8) is 0 Å². The van der Waals surface area contributed by atoms with Crippen LogP contribution in [0.2, 0.25) is 0 Å². The summed E-state index contributed by atoms with van der Waals surface area (Å²) >= 11 is 0. The fourth-order valence-corrected chi connectivity index (χ4v) is 1.32. The van der Waals surface area contributed by atoms with E-state index >= 15 is 0 Å². The van der Waals surface area contributed by atoms with Gasteiger partial charge in [-0.1, -0.05) is 13.8 Å². The number of rotatable bonds is 4. The number of carbonyl (C=O) groups is 1. The first-order chi connectivity index (χ1) is 7.47. The standard InChI is InChI=1S/C11H16N2O3/c1-6(2)9-8(11(14)15)5-12-10(13-9)7(3)16-4/h5-7H,1-4H3,(H,14,15). The second-order valence-corrected chi connectivity index (χ2v) is 3.86. The molecule has 16 heavy (non-hydrogen) atoms. The molecule has 1 aromatic rings. The van der Waals surface area contributed by atoms with Crippen LogP contribution in [0.25, 0.3) is 0 Å². The van der Waals surface area contributed by atoms with E-state index < -0.39 is 5.97 Å². The summed E-state index contributed by atoms with van der Waals surface area (Å²) in [6.07, 6.45) is 1.11. The molecule has 1 N–H and O–H groups in total. The van der Waals surface area contributed by atoms with Crippen molar-refractivity contribution >= 4 is 5.97 Å². The lowest BCUT2D eigenvalue weighted by Gasteiger charge is -2.13. The van der Waals surface area contributed by atoms with Crippen LogP contribution in [-0.2, 0) is 4.74 Å². The van der Waals surface area contributed by atoms with Gasteiger partial charge in [0.25, 0.3) is 0 Å². The molecule has 1 atom stereocenters. The Labute approximate surface area is 94.5 Å². The lowest BCUT2D eigenvalue weighted by Crippen LogP contribution is -2.12. The molecule has 0 bridgehead atoms. The summed E-state index contributed by atoms with van der Waals surface area (Å²) in [5, 5.41) is 8.99. The van der Waals surface area contributed by atoms with Gasteiger partial charge in [-0.15, -0.1) is 0 Å². The third-order valence-corrected chi connectivity index (χ3v) is 2.33. The Kier molecular flexibility index (Phi) is 3.95. The summed E-state index contributed by atoms with van der Waals surface area (Å²) < 4.78 is 5.10. The van der Waals surface area contributed by atoms with Gasteiger partial charge in [-0.05, 0) is 12.8 Å². The molecule has 0 saturated heterocycles. The summed E-state index contributed by atoms with van der Waals surface area (Å²) in [5.41, 5.74) is 0.698. The van der Waals surface area contributed by atoms with E-state index in [4.69, 9.17) is 9.84 Å². The first kappa shape index (κ1) is 12.6. The minimum Gasteiger partial charge on any atom is -0.478 e. The second kappa shape index (κ2) is 5.03. The molecule has 0 aliphatic heterocycles. The fraction of sp³-hybridized carbons (Fsp3) is 0.545. The Hall–Kier alpha value is -1.49. The Morgan fingerprint density at radius 3 is 2.50 bits per heavy atom. The molecule has 0 saturated carbocycles. The minimum absolute atomic E-state index is 0.0388. The zero-order valence-electron chi connectivity index (χ0n) is 9.89. The van der Waals surface area contributed by atoms with E-state index in [9.17, 15) is 4.79 Å². The maximum absolute atomic E-state index is 11.0. The van der Waals surface area contributed by atoms with E-state index in [1.165, 1.54) is 6.20 Å². The maximum atomic E-state index is 11.0. The summed E-state index contributed by atoms with van der Waals surface area (Å²) in [6, 6.07) is 0.